The molecule has 0 bridgehead atoms. The van der Waals surface area contributed by atoms with E-state index in [1.807, 2.05) is 6.07 Å². The molecule has 23 heavy (non-hydrogen) atoms. The molecule has 0 radical (unpaired) electrons. The third kappa shape index (κ3) is 4.80. The van der Waals surface area contributed by atoms with Gasteiger partial charge in [0.25, 0.3) is 5.22 Å². The maximum atomic E-state index is 12.3. The second-order valence-corrected chi connectivity index (χ2v) is 7.29. The number of nitrogens with one attached hydrogen (secondary N) is 1. The van der Waals surface area contributed by atoms with E-state index in [9.17, 15) is 13.2 Å². The van der Waals surface area contributed by atoms with E-state index in [1.165, 1.54) is 31.2 Å². The highest BCUT2D eigenvalue weighted by atomic mass is 32.2. The summed E-state index contributed by atoms with van der Waals surface area (Å²) in [6.07, 6.45) is 0. The van der Waals surface area contributed by atoms with Crippen LogP contribution in [0.25, 0.3) is 0 Å². The Balaban J connectivity index is 2.10. The number of thioether (sulfide) groups is 1. The van der Waals surface area contributed by atoms with Crippen LogP contribution in [-0.4, -0.2) is 30.3 Å². The van der Waals surface area contributed by atoms with Crippen LogP contribution in [0.15, 0.2) is 38.8 Å². The highest BCUT2D eigenvalue weighted by molar-refractivity contribution is 7.99. The maximum absolute atomic E-state index is 12.3. The van der Waals surface area contributed by atoms with Gasteiger partial charge in [0, 0.05) is 12.6 Å². The van der Waals surface area contributed by atoms with E-state index in [-0.39, 0.29) is 27.7 Å². The Hall–Kier alpha value is -2.38. The molecule has 0 fully saturated rings. The number of carbonyl (C=O) groups is 1. The zero-order chi connectivity index (χ0) is 16.9. The van der Waals surface area contributed by atoms with Gasteiger partial charge in [-0.2, -0.15) is 5.26 Å². The van der Waals surface area contributed by atoms with Crippen molar-refractivity contribution in [3.05, 3.63) is 30.2 Å². The van der Waals surface area contributed by atoms with Gasteiger partial charge in [-0.1, -0.05) is 11.8 Å². The summed E-state index contributed by atoms with van der Waals surface area (Å²) in [5.41, 5.74) is 0.504. The van der Waals surface area contributed by atoms with Gasteiger partial charge in [0.2, 0.25) is 11.8 Å². The van der Waals surface area contributed by atoms with Gasteiger partial charge in [-0.3, -0.25) is 4.79 Å². The van der Waals surface area contributed by atoms with Crippen LogP contribution < -0.4 is 5.32 Å². The van der Waals surface area contributed by atoms with Crippen molar-refractivity contribution < 1.29 is 17.6 Å². The molecule has 0 spiro atoms. The predicted octanol–water partition coefficient (Wildman–Crippen LogP) is 1.62. The third-order valence-electron chi connectivity index (χ3n) is 2.56. The van der Waals surface area contributed by atoms with Crippen molar-refractivity contribution in [3.63, 3.8) is 0 Å². The zero-order valence-corrected chi connectivity index (χ0v) is 13.6. The van der Waals surface area contributed by atoms with Gasteiger partial charge in [0.1, 0.15) is 5.75 Å². The molecule has 0 aliphatic heterocycles. The lowest BCUT2D eigenvalue weighted by molar-refractivity contribution is -0.114. The third-order valence-corrected chi connectivity index (χ3v) is 4.86. The van der Waals surface area contributed by atoms with Crippen molar-refractivity contribution in [2.24, 2.45) is 0 Å². The lowest BCUT2D eigenvalue weighted by Gasteiger charge is -2.04. The number of nitriles is 1. The average molecular weight is 352 g/mol. The molecule has 1 heterocycles. The predicted molar refractivity (Wildman–Crippen MR) is 82.3 cm³/mol. The van der Waals surface area contributed by atoms with Crippen molar-refractivity contribution in [3.8, 4) is 6.07 Å². The number of carbonyl (C=O) groups excluding carboxylic acids is 1. The molecule has 1 aromatic carbocycles. The normalized spacial score (nSPS) is 11.0. The number of hydrogen-bond donors (Lipinski definition) is 1. The number of aromatic nitrogens is 2. The number of nitrogens with zero attached hydrogens (tertiary/aromatic N) is 3. The van der Waals surface area contributed by atoms with Crippen molar-refractivity contribution >= 4 is 33.2 Å². The number of amides is 1. The first kappa shape index (κ1) is 17.0. The van der Waals surface area contributed by atoms with Crippen molar-refractivity contribution in [1.29, 1.82) is 5.26 Å². The van der Waals surface area contributed by atoms with E-state index in [2.05, 4.69) is 15.5 Å². The standard InChI is InChI=1S/C13H12N4O4S2/c1-9(18)15-10-2-4-11(5-3-10)23(19,20)8-12-16-17-13(21-12)22-7-6-14/h2-5H,7-8H2,1H3,(H,15,18). The van der Waals surface area contributed by atoms with Crippen LogP contribution >= 0.6 is 11.8 Å². The molecule has 1 aromatic heterocycles. The van der Waals surface area contributed by atoms with Gasteiger partial charge in [-0.25, -0.2) is 8.42 Å². The maximum Gasteiger partial charge on any atom is 0.277 e. The highest BCUT2D eigenvalue weighted by Crippen LogP contribution is 2.21. The first-order valence-corrected chi connectivity index (χ1v) is 8.97. The topological polar surface area (TPSA) is 126 Å². The van der Waals surface area contributed by atoms with Crippen molar-refractivity contribution in [2.75, 3.05) is 11.1 Å². The first-order valence-electron chi connectivity index (χ1n) is 6.33. The monoisotopic (exact) mass is 352 g/mol. The summed E-state index contributed by atoms with van der Waals surface area (Å²) in [6.45, 7) is 1.36. The number of anilines is 1. The van der Waals surface area contributed by atoms with Crippen LogP contribution in [-0.2, 0) is 20.4 Å². The molecule has 2 aromatic rings. The molecular weight excluding hydrogens is 340 g/mol. The molecule has 0 saturated heterocycles. The van der Waals surface area contributed by atoms with E-state index in [0.29, 0.717) is 5.69 Å². The van der Waals surface area contributed by atoms with E-state index in [1.54, 1.807) is 0 Å². The number of benzene rings is 1. The molecule has 0 aliphatic rings. The molecular formula is C13H12N4O4S2. The van der Waals surface area contributed by atoms with Gasteiger partial charge < -0.3 is 9.73 Å². The summed E-state index contributed by atoms with van der Waals surface area (Å²) in [5.74, 6) is -0.587. The fraction of sp³-hybridized carbons (Fsp3) is 0.231. The smallest absolute Gasteiger partial charge is 0.277 e. The number of rotatable bonds is 6. The van der Waals surface area contributed by atoms with Gasteiger partial charge in [0.15, 0.2) is 9.84 Å². The lowest BCUT2D eigenvalue weighted by Crippen LogP contribution is -2.07. The van der Waals surface area contributed by atoms with Crippen LogP contribution in [0.5, 0.6) is 0 Å². The summed E-state index contributed by atoms with van der Waals surface area (Å²) in [4.78, 5) is 11.0. The molecule has 120 valence electrons. The van der Waals surface area contributed by atoms with E-state index in [4.69, 9.17) is 9.68 Å². The minimum atomic E-state index is -3.65. The fourth-order valence-corrected chi connectivity index (χ4v) is 3.24. The summed E-state index contributed by atoms with van der Waals surface area (Å²) >= 11 is 1.03. The quantitative estimate of drug-likeness (QED) is 0.777. The molecule has 10 heteroatoms. The molecule has 2 rings (SSSR count). The molecule has 0 aliphatic carbocycles. The first-order chi connectivity index (χ1) is 10.9. The van der Waals surface area contributed by atoms with Crippen LogP contribution in [0.4, 0.5) is 5.69 Å². The lowest BCUT2D eigenvalue weighted by atomic mass is 10.3. The Morgan fingerprint density at radius 2 is 2.04 bits per heavy atom. The second-order valence-electron chi connectivity index (χ2n) is 4.37. The van der Waals surface area contributed by atoms with Crippen molar-refractivity contribution in [1.82, 2.24) is 10.2 Å². The largest absolute Gasteiger partial charge is 0.415 e. The second kappa shape index (κ2) is 7.26. The molecule has 0 unspecified atom stereocenters. The fourth-order valence-electron chi connectivity index (χ4n) is 1.64. The average Bonchev–Trinajstić information content (AvgIpc) is 2.92. The Bertz CT molecular complexity index is 838. The summed E-state index contributed by atoms with van der Waals surface area (Å²) in [7, 11) is -3.65. The number of hydrogen-bond acceptors (Lipinski definition) is 8. The zero-order valence-electron chi connectivity index (χ0n) is 12.0. The molecule has 0 saturated carbocycles. The Morgan fingerprint density at radius 3 is 2.65 bits per heavy atom. The van der Waals surface area contributed by atoms with Crippen LogP contribution in [0.2, 0.25) is 0 Å². The van der Waals surface area contributed by atoms with Gasteiger partial charge in [-0.05, 0) is 24.3 Å². The minimum Gasteiger partial charge on any atom is -0.415 e. The van der Waals surface area contributed by atoms with E-state index in [0.717, 1.165) is 11.8 Å². The molecule has 1 N–H and O–H groups in total. The van der Waals surface area contributed by atoms with E-state index >= 15 is 0 Å². The van der Waals surface area contributed by atoms with Gasteiger partial charge >= 0.3 is 0 Å². The summed E-state index contributed by atoms with van der Waals surface area (Å²) in [5, 5.41) is 18.5. The SMILES string of the molecule is CC(=O)Nc1ccc(S(=O)(=O)Cc2nnc(SCC#N)o2)cc1. The minimum absolute atomic E-state index is 0.0450. The number of sulfone groups is 1. The van der Waals surface area contributed by atoms with Crippen molar-refractivity contribution in [2.45, 2.75) is 22.8 Å². The molecule has 8 nitrogen and oxygen atoms in total. The Kier molecular flexibility index (Phi) is 5.36. The van der Waals surface area contributed by atoms with Gasteiger partial charge in [0.05, 0.1) is 16.7 Å². The van der Waals surface area contributed by atoms with E-state index < -0.39 is 15.6 Å². The molecule has 0 atom stereocenters. The van der Waals surface area contributed by atoms with Gasteiger partial charge in [-0.15, -0.1) is 10.2 Å². The highest BCUT2D eigenvalue weighted by Gasteiger charge is 2.19. The van der Waals surface area contributed by atoms with Crippen LogP contribution in [0, 0.1) is 11.3 Å². The van der Waals surface area contributed by atoms with Crippen LogP contribution in [0.1, 0.15) is 12.8 Å². The Morgan fingerprint density at radius 1 is 1.35 bits per heavy atom. The molecule has 1 amide bonds. The summed E-state index contributed by atoms with van der Waals surface area (Å²) in [6, 6.07) is 7.68. The Labute approximate surface area is 136 Å². The summed E-state index contributed by atoms with van der Waals surface area (Å²) < 4.78 is 29.7. The van der Waals surface area contributed by atoms with Crippen LogP contribution in [0.3, 0.4) is 0 Å².